The fourth-order valence-corrected chi connectivity index (χ4v) is 1.48. The molecule has 0 aromatic heterocycles. The van der Waals surface area contributed by atoms with Crippen LogP contribution in [0.4, 0.5) is 0 Å². The second-order valence-electron chi connectivity index (χ2n) is 2.19. The van der Waals surface area contributed by atoms with Gasteiger partial charge in [-0.05, 0) is 5.92 Å². The molecule has 0 fully saturated rings. The molecule has 1 aliphatic heterocycles. The van der Waals surface area contributed by atoms with Gasteiger partial charge in [0.25, 0.3) is 0 Å². The van der Waals surface area contributed by atoms with Gasteiger partial charge in [-0.1, -0.05) is 13.8 Å². The Labute approximate surface area is 54.5 Å². The number of nitrogens with one attached hydrogen (secondary N) is 1. The molecule has 1 N–H and O–H groups in total. The van der Waals surface area contributed by atoms with Crippen LogP contribution >= 0.6 is 11.8 Å². The average molecular weight is 129 g/mol. The third-order valence-corrected chi connectivity index (χ3v) is 2.37. The van der Waals surface area contributed by atoms with E-state index in [0.717, 1.165) is 5.88 Å². The van der Waals surface area contributed by atoms with Crippen molar-refractivity contribution in [1.29, 1.82) is 0 Å². The minimum Gasteiger partial charge on any atom is -0.381 e. The van der Waals surface area contributed by atoms with E-state index in [1.54, 1.807) is 0 Å². The van der Waals surface area contributed by atoms with E-state index in [2.05, 4.69) is 25.4 Å². The second-order valence-corrected chi connectivity index (χ2v) is 3.24. The average Bonchev–Trinajstić information content (AvgIpc) is 2.12. The summed E-state index contributed by atoms with van der Waals surface area (Å²) >= 11 is 1.90. The van der Waals surface area contributed by atoms with Gasteiger partial charge < -0.3 is 5.32 Å². The normalized spacial score (nSPS) is 18.6. The highest BCUT2D eigenvalue weighted by Gasteiger charge is 2.06. The first-order chi connectivity index (χ1) is 3.80. The highest BCUT2D eigenvalue weighted by molar-refractivity contribution is 8.03. The Morgan fingerprint density at radius 3 is 2.75 bits per heavy atom. The van der Waals surface area contributed by atoms with Gasteiger partial charge in [0, 0.05) is 11.1 Å². The summed E-state index contributed by atoms with van der Waals surface area (Å²) in [7, 11) is 0. The fourth-order valence-electron chi connectivity index (χ4n) is 0.642. The van der Waals surface area contributed by atoms with Gasteiger partial charge in [-0.2, -0.15) is 0 Å². The number of rotatable bonds is 1. The summed E-state index contributed by atoms with van der Waals surface area (Å²) in [5.41, 5.74) is 0. The van der Waals surface area contributed by atoms with Gasteiger partial charge in [0.2, 0.25) is 0 Å². The van der Waals surface area contributed by atoms with Gasteiger partial charge in [-0.25, -0.2) is 0 Å². The van der Waals surface area contributed by atoms with E-state index in [1.807, 2.05) is 11.8 Å². The van der Waals surface area contributed by atoms with Crippen LogP contribution in [0.2, 0.25) is 0 Å². The molecule has 46 valence electrons. The van der Waals surface area contributed by atoms with Crippen molar-refractivity contribution in [3.63, 3.8) is 0 Å². The zero-order valence-corrected chi connectivity index (χ0v) is 6.09. The van der Waals surface area contributed by atoms with Crippen LogP contribution in [-0.2, 0) is 0 Å². The Morgan fingerprint density at radius 1 is 1.75 bits per heavy atom. The summed E-state index contributed by atoms with van der Waals surface area (Å²) in [4.78, 5) is 1.48. The molecule has 1 heterocycles. The fraction of sp³-hybridized carbons (Fsp3) is 0.667. The van der Waals surface area contributed by atoms with Crippen LogP contribution in [-0.4, -0.2) is 5.88 Å². The van der Waals surface area contributed by atoms with Gasteiger partial charge in [0.15, 0.2) is 0 Å². The van der Waals surface area contributed by atoms with Gasteiger partial charge in [-0.15, -0.1) is 11.8 Å². The predicted octanol–water partition coefficient (Wildman–Crippen LogP) is 1.78. The molecular formula is C6H11NS. The first-order valence-electron chi connectivity index (χ1n) is 2.87. The van der Waals surface area contributed by atoms with Crippen LogP contribution in [0.5, 0.6) is 0 Å². The van der Waals surface area contributed by atoms with Gasteiger partial charge in [0.05, 0.1) is 5.88 Å². The second kappa shape index (κ2) is 2.44. The van der Waals surface area contributed by atoms with Crippen molar-refractivity contribution in [2.75, 3.05) is 5.88 Å². The van der Waals surface area contributed by atoms with Crippen LogP contribution < -0.4 is 5.32 Å². The van der Waals surface area contributed by atoms with Crippen LogP contribution in [0.1, 0.15) is 13.8 Å². The lowest BCUT2D eigenvalue weighted by atomic mass is 10.2. The number of hydrogen-bond donors (Lipinski definition) is 1. The van der Waals surface area contributed by atoms with E-state index in [9.17, 15) is 0 Å². The molecule has 8 heavy (non-hydrogen) atoms. The molecule has 0 unspecified atom stereocenters. The van der Waals surface area contributed by atoms with Crippen LogP contribution in [0.15, 0.2) is 11.1 Å². The van der Waals surface area contributed by atoms with Gasteiger partial charge >= 0.3 is 0 Å². The largest absolute Gasteiger partial charge is 0.381 e. The van der Waals surface area contributed by atoms with E-state index in [4.69, 9.17) is 0 Å². The summed E-state index contributed by atoms with van der Waals surface area (Å²) in [6.07, 6.45) is 2.11. The minimum absolute atomic E-state index is 0.704. The third-order valence-electron chi connectivity index (χ3n) is 1.14. The summed E-state index contributed by atoms with van der Waals surface area (Å²) in [6.45, 7) is 4.43. The maximum atomic E-state index is 3.15. The lowest BCUT2D eigenvalue weighted by Crippen LogP contribution is -1.94. The molecule has 0 aromatic carbocycles. The molecular weight excluding hydrogens is 118 g/mol. The highest BCUT2D eigenvalue weighted by atomic mass is 32.2. The van der Waals surface area contributed by atoms with Crippen LogP contribution in [0, 0.1) is 5.92 Å². The molecule has 2 heteroatoms. The maximum absolute atomic E-state index is 3.15. The molecule has 0 aliphatic carbocycles. The summed E-state index contributed by atoms with van der Waals surface area (Å²) in [6, 6.07) is 0. The lowest BCUT2D eigenvalue weighted by molar-refractivity contribution is 0.813. The molecule has 0 bridgehead atoms. The van der Waals surface area contributed by atoms with Crippen LogP contribution in [0.25, 0.3) is 0 Å². The first-order valence-corrected chi connectivity index (χ1v) is 3.85. The van der Waals surface area contributed by atoms with E-state index in [0.29, 0.717) is 5.92 Å². The third kappa shape index (κ3) is 1.19. The van der Waals surface area contributed by atoms with E-state index >= 15 is 0 Å². The lowest BCUT2D eigenvalue weighted by Gasteiger charge is -2.00. The van der Waals surface area contributed by atoms with Crippen molar-refractivity contribution < 1.29 is 0 Å². The van der Waals surface area contributed by atoms with E-state index < -0.39 is 0 Å². The number of allylic oxidation sites excluding steroid dienone is 1. The Balaban J connectivity index is 2.45. The van der Waals surface area contributed by atoms with Crippen LogP contribution in [0.3, 0.4) is 0 Å². The summed E-state index contributed by atoms with van der Waals surface area (Å²) in [5.74, 6) is 1.77. The predicted molar refractivity (Wildman–Crippen MR) is 38.5 cm³/mol. The van der Waals surface area contributed by atoms with E-state index in [1.165, 1.54) is 4.91 Å². The molecule has 1 aliphatic rings. The molecule has 0 atom stereocenters. The Kier molecular flexibility index (Phi) is 1.84. The summed E-state index contributed by atoms with van der Waals surface area (Å²) in [5, 5.41) is 3.15. The van der Waals surface area contributed by atoms with Crippen molar-refractivity contribution >= 4 is 11.8 Å². The quantitative estimate of drug-likeness (QED) is 0.579. The summed E-state index contributed by atoms with van der Waals surface area (Å²) < 4.78 is 0. The molecule has 0 spiro atoms. The smallest absolute Gasteiger partial charge is 0.0649 e. The number of thioether (sulfide) groups is 1. The van der Waals surface area contributed by atoms with Crippen molar-refractivity contribution in [3.8, 4) is 0 Å². The Hall–Kier alpha value is -0.110. The first kappa shape index (κ1) is 6.02. The molecule has 1 rings (SSSR count). The highest BCUT2D eigenvalue weighted by Crippen LogP contribution is 2.25. The van der Waals surface area contributed by atoms with Crippen molar-refractivity contribution in [1.82, 2.24) is 5.32 Å². The standard InChI is InChI=1S/C6H11NS/c1-5(2)6-3-7-4-8-6/h3,5,7H,4H2,1-2H3. The minimum atomic E-state index is 0.704. The monoisotopic (exact) mass is 129 g/mol. The Morgan fingerprint density at radius 2 is 2.50 bits per heavy atom. The molecule has 0 saturated heterocycles. The topological polar surface area (TPSA) is 12.0 Å². The molecule has 0 radical (unpaired) electrons. The van der Waals surface area contributed by atoms with Crippen molar-refractivity contribution in [3.05, 3.63) is 11.1 Å². The molecule has 0 saturated carbocycles. The molecule has 1 nitrogen and oxygen atoms in total. The Bertz CT molecular complexity index is 107. The van der Waals surface area contributed by atoms with Crippen molar-refractivity contribution in [2.45, 2.75) is 13.8 Å². The zero-order chi connectivity index (χ0) is 5.98. The zero-order valence-electron chi connectivity index (χ0n) is 5.27. The molecule has 0 amide bonds. The maximum Gasteiger partial charge on any atom is 0.0649 e. The van der Waals surface area contributed by atoms with E-state index in [-0.39, 0.29) is 0 Å². The van der Waals surface area contributed by atoms with Gasteiger partial charge in [-0.3, -0.25) is 0 Å². The number of hydrogen-bond acceptors (Lipinski definition) is 2. The van der Waals surface area contributed by atoms with Crippen molar-refractivity contribution in [2.24, 2.45) is 5.92 Å². The SMILES string of the molecule is CC(C)C1=CNCS1. The molecule has 0 aromatic rings. The van der Waals surface area contributed by atoms with Gasteiger partial charge in [0.1, 0.15) is 0 Å².